The standard InChI is InChI=1S/C24H47NO7/c1-9-15(2)12-25(8)23(28)24(7,29)14-30-22(27)19(6)21(17(4)13-26)32-20-11-16(3)10-18(5)31-20/h15-21,23,26,28-29H,9-14H2,1-8H3/t15-,16?,17?,18?,19?,20+,21+,23?,24-/m1/s1. The molecule has 0 aromatic carbocycles. The number of rotatable bonds is 13. The second-order valence-electron chi connectivity index (χ2n) is 10.3. The van der Waals surface area contributed by atoms with Crippen LogP contribution in [0.5, 0.6) is 0 Å². The molecule has 8 nitrogen and oxygen atoms in total. The molecule has 1 heterocycles. The predicted molar refractivity (Wildman–Crippen MR) is 123 cm³/mol. The van der Waals surface area contributed by atoms with Crippen LogP contribution in [0.15, 0.2) is 0 Å². The molecule has 5 unspecified atom stereocenters. The monoisotopic (exact) mass is 461 g/mol. The molecule has 32 heavy (non-hydrogen) atoms. The summed E-state index contributed by atoms with van der Waals surface area (Å²) < 4.78 is 17.4. The third kappa shape index (κ3) is 8.88. The first-order valence-corrected chi connectivity index (χ1v) is 12.0. The van der Waals surface area contributed by atoms with Gasteiger partial charge in [-0.15, -0.1) is 0 Å². The van der Waals surface area contributed by atoms with Gasteiger partial charge in [-0.1, -0.05) is 34.1 Å². The fourth-order valence-corrected chi connectivity index (χ4v) is 4.23. The Morgan fingerprint density at radius 1 is 1.25 bits per heavy atom. The van der Waals surface area contributed by atoms with Gasteiger partial charge in [0.1, 0.15) is 18.4 Å². The average Bonchev–Trinajstić information content (AvgIpc) is 2.73. The molecule has 1 fully saturated rings. The van der Waals surface area contributed by atoms with E-state index < -0.39 is 36.1 Å². The Morgan fingerprint density at radius 3 is 2.41 bits per heavy atom. The van der Waals surface area contributed by atoms with Crippen LogP contribution in [0.1, 0.15) is 67.7 Å². The highest BCUT2D eigenvalue weighted by molar-refractivity contribution is 5.72. The summed E-state index contributed by atoms with van der Waals surface area (Å²) in [5.41, 5.74) is -1.63. The summed E-state index contributed by atoms with van der Waals surface area (Å²) in [6, 6.07) is 0. The second-order valence-corrected chi connectivity index (χ2v) is 10.3. The van der Waals surface area contributed by atoms with Crippen LogP contribution in [0, 0.1) is 23.7 Å². The highest BCUT2D eigenvalue weighted by atomic mass is 16.7. The molecule has 1 saturated heterocycles. The number of likely N-dealkylation sites (N-methyl/N-ethyl adjacent to an activating group) is 1. The first-order chi connectivity index (χ1) is 14.8. The molecule has 1 aliphatic heterocycles. The van der Waals surface area contributed by atoms with Gasteiger partial charge in [-0.25, -0.2) is 0 Å². The minimum Gasteiger partial charge on any atom is -0.462 e. The van der Waals surface area contributed by atoms with Gasteiger partial charge in [0.05, 0.1) is 18.1 Å². The third-order valence-electron chi connectivity index (χ3n) is 6.51. The smallest absolute Gasteiger partial charge is 0.311 e. The number of hydrogen-bond donors (Lipinski definition) is 3. The van der Waals surface area contributed by atoms with E-state index in [1.807, 2.05) is 13.8 Å². The van der Waals surface area contributed by atoms with Gasteiger partial charge < -0.3 is 29.5 Å². The van der Waals surface area contributed by atoms with Gasteiger partial charge in [-0.05, 0) is 46.1 Å². The Balaban J connectivity index is 2.74. The van der Waals surface area contributed by atoms with E-state index in [-0.39, 0.29) is 25.2 Å². The van der Waals surface area contributed by atoms with E-state index in [0.29, 0.717) is 18.4 Å². The molecule has 0 aromatic heterocycles. The summed E-state index contributed by atoms with van der Waals surface area (Å²) in [6.45, 7) is 13.3. The zero-order valence-corrected chi connectivity index (χ0v) is 21.3. The predicted octanol–water partition coefficient (Wildman–Crippen LogP) is 2.39. The molecule has 0 spiro atoms. The van der Waals surface area contributed by atoms with Crippen LogP contribution in [0.2, 0.25) is 0 Å². The van der Waals surface area contributed by atoms with E-state index in [0.717, 1.165) is 19.3 Å². The molecule has 9 atom stereocenters. The number of nitrogens with zero attached hydrogens (tertiary/aromatic N) is 1. The largest absolute Gasteiger partial charge is 0.462 e. The molecule has 1 aliphatic rings. The van der Waals surface area contributed by atoms with Crippen LogP contribution in [0.25, 0.3) is 0 Å². The van der Waals surface area contributed by atoms with Gasteiger partial charge in [0, 0.05) is 25.5 Å². The maximum Gasteiger partial charge on any atom is 0.311 e. The van der Waals surface area contributed by atoms with Crippen LogP contribution in [-0.2, 0) is 19.0 Å². The molecule has 1 rings (SSSR count). The van der Waals surface area contributed by atoms with Crippen LogP contribution < -0.4 is 0 Å². The van der Waals surface area contributed by atoms with E-state index in [9.17, 15) is 20.1 Å². The normalized spacial score (nSPS) is 28.4. The second kappa shape index (κ2) is 13.2. The number of carbonyl (C=O) groups is 1. The maximum atomic E-state index is 12.8. The molecule has 8 heteroatoms. The number of aliphatic hydroxyl groups excluding tert-OH is 2. The number of aliphatic hydroxyl groups is 3. The van der Waals surface area contributed by atoms with E-state index in [1.54, 1.807) is 18.9 Å². The zero-order valence-electron chi connectivity index (χ0n) is 21.3. The Labute approximate surface area is 194 Å². The third-order valence-corrected chi connectivity index (χ3v) is 6.51. The summed E-state index contributed by atoms with van der Waals surface area (Å²) in [5.74, 6) is -0.733. The van der Waals surface area contributed by atoms with Crippen molar-refractivity contribution in [3.63, 3.8) is 0 Å². The highest BCUT2D eigenvalue weighted by Gasteiger charge is 2.39. The Kier molecular flexibility index (Phi) is 12.1. The fourth-order valence-electron chi connectivity index (χ4n) is 4.23. The van der Waals surface area contributed by atoms with E-state index in [4.69, 9.17) is 14.2 Å². The van der Waals surface area contributed by atoms with Gasteiger partial charge in [0.25, 0.3) is 0 Å². The van der Waals surface area contributed by atoms with E-state index in [2.05, 4.69) is 20.8 Å². The number of carbonyl (C=O) groups excluding carboxylic acids is 1. The van der Waals surface area contributed by atoms with Crippen molar-refractivity contribution >= 4 is 5.97 Å². The van der Waals surface area contributed by atoms with Crippen LogP contribution >= 0.6 is 0 Å². The number of ether oxygens (including phenoxy) is 3. The fraction of sp³-hybridized carbons (Fsp3) is 0.958. The van der Waals surface area contributed by atoms with Gasteiger partial charge in [0.15, 0.2) is 6.29 Å². The molecule has 0 saturated carbocycles. The Hall–Kier alpha value is -0.770. The molecular formula is C24H47NO7. The van der Waals surface area contributed by atoms with Crippen molar-refractivity contribution in [3.8, 4) is 0 Å². The summed E-state index contributed by atoms with van der Waals surface area (Å²) in [4.78, 5) is 14.5. The van der Waals surface area contributed by atoms with Gasteiger partial charge in [0.2, 0.25) is 0 Å². The van der Waals surface area contributed by atoms with Crippen molar-refractivity contribution in [2.75, 3.05) is 26.8 Å². The lowest BCUT2D eigenvalue weighted by molar-refractivity contribution is -0.239. The van der Waals surface area contributed by atoms with E-state index in [1.165, 1.54) is 6.92 Å². The lowest BCUT2D eigenvalue weighted by atomic mass is 9.92. The first-order valence-electron chi connectivity index (χ1n) is 12.0. The molecule has 0 bridgehead atoms. The number of esters is 1. The quantitative estimate of drug-likeness (QED) is 0.283. The molecular weight excluding hydrogens is 414 g/mol. The maximum absolute atomic E-state index is 12.8. The Morgan fingerprint density at radius 2 is 1.88 bits per heavy atom. The number of hydrogen-bond acceptors (Lipinski definition) is 8. The zero-order chi connectivity index (χ0) is 24.6. The molecule has 0 aromatic rings. The lowest BCUT2D eigenvalue weighted by Crippen LogP contribution is -2.54. The van der Waals surface area contributed by atoms with Crippen LogP contribution in [-0.4, -0.2) is 83.3 Å². The van der Waals surface area contributed by atoms with Crippen molar-refractivity contribution in [1.82, 2.24) is 4.90 Å². The first kappa shape index (κ1) is 29.3. The lowest BCUT2D eigenvalue weighted by Gasteiger charge is -2.38. The van der Waals surface area contributed by atoms with Crippen molar-refractivity contribution in [3.05, 3.63) is 0 Å². The highest BCUT2D eigenvalue weighted by Crippen LogP contribution is 2.29. The minimum atomic E-state index is -1.63. The SMILES string of the molecule is CC[C@@H](C)CN(C)C(O)[C@](C)(O)COC(=O)C(C)[C@@H](O[C@H]1CC(C)CC(C)O1)C(C)CO. The Bertz CT molecular complexity index is 548. The summed E-state index contributed by atoms with van der Waals surface area (Å²) in [5, 5.41) is 31.0. The van der Waals surface area contributed by atoms with Gasteiger partial charge in [-0.3, -0.25) is 9.69 Å². The average molecular weight is 462 g/mol. The molecule has 190 valence electrons. The minimum absolute atomic E-state index is 0.0695. The molecule has 0 radical (unpaired) electrons. The van der Waals surface area contributed by atoms with Gasteiger partial charge >= 0.3 is 5.97 Å². The van der Waals surface area contributed by atoms with Crippen LogP contribution in [0.3, 0.4) is 0 Å². The molecule has 0 amide bonds. The van der Waals surface area contributed by atoms with Crippen molar-refractivity contribution in [1.29, 1.82) is 0 Å². The summed E-state index contributed by atoms with van der Waals surface area (Å²) >= 11 is 0. The van der Waals surface area contributed by atoms with E-state index >= 15 is 0 Å². The molecule has 0 aliphatic carbocycles. The topological polar surface area (TPSA) is 109 Å². The van der Waals surface area contributed by atoms with Crippen molar-refractivity contribution in [2.24, 2.45) is 23.7 Å². The molecule has 3 N–H and O–H groups in total. The summed E-state index contributed by atoms with van der Waals surface area (Å²) in [6.07, 6.45) is 0.491. The van der Waals surface area contributed by atoms with Crippen molar-refractivity contribution < 1.29 is 34.3 Å². The van der Waals surface area contributed by atoms with Crippen molar-refractivity contribution in [2.45, 2.75) is 98.1 Å². The summed E-state index contributed by atoms with van der Waals surface area (Å²) in [7, 11) is 1.73. The van der Waals surface area contributed by atoms with Gasteiger partial charge in [-0.2, -0.15) is 0 Å². The van der Waals surface area contributed by atoms with Crippen LogP contribution in [0.4, 0.5) is 0 Å².